The first-order valence-corrected chi connectivity index (χ1v) is 13.2. The number of aromatic nitrogens is 1. The summed E-state index contributed by atoms with van der Waals surface area (Å²) in [6.45, 7) is 0.247. The van der Waals surface area contributed by atoms with Gasteiger partial charge in [-0.1, -0.05) is 48.5 Å². The predicted molar refractivity (Wildman–Crippen MR) is 137 cm³/mol. The minimum Gasteiger partial charge on any atom is -0.349 e. The molecule has 0 saturated heterocycles. The molecule has 2 unspecified atom stereocenters. The lowest BCUT2D eigenvalue weighted by Gasteiger charge is -2.17. The summed E-state index contributed by atoms with van der Waals surface area (Å²) in [6, 6.07) is 23.3. The Bertz CT molecular complexity index is 1300. The van der Waals surface area contributed by atoms with Crippen LogP contribution in [0.2, 0.25) is 0 Å². The summed E-state index contributed by atoms with van der Waals surface area (Å²) in [5.74, 6) is 0.429. The molecule has 2 aromatic carbocycles. The van der Waals surface area contributed by atoms with Gasteiger partial charge in [0.2, 0.25) is 0 Å². The molecule has 4 aromatic rings. The number of aromatic amines is 1. The van der Waals surface area contributed by atoms with Gasteiger partial charge in [0.1, 0.15) is 15.2 Å². The molecule has 9 heteroatoms. The van der Waals surface area contributed by atoms with Gasteiger partial charge >= 0.3 is 0 Å². The standard InChI is InChI=1S/C24H22N4O2S3/c1-28(33(30)22-11-6-12-31-22)21-10-5-9-18-13-20(27-23(18)21)24(29)26-15-19(14-25)32-16-17-7-3-2-4-8-17/h2-13,19,27H,15-16H2,1H3,(H,26,29). The SMILES string of the molecule is CN(c1cccc2cc(C(=O)NCC(C#N)SCc3ccccc3)[nH]c12)S(=O)c1cccs1. The second-order valence-corrected chi connectivity index (χ2v) is 11.1. The number of nitriles is 1. The smallest absolute Gasteiger partial charge is 0.267 e. The van der Waals surface area contributed by atoms with E-state index in [1.165, 1.54) is 23.1 Å². The lowest BCUT2D eigenvalue weighted by Crippen LogP contribution is -2.30. The van der Waals surface area contributed by atoms with Gasteiger partial charge in [-0.2, -0.15) is 5.26 Å². The Hall–Kier alpha value is -3.06. The number of nitrogens with one attached hydrogen (secondary N) is 2. The second-order valence-electron chi connectivity index (χ2n) is 7.23. The first kappa shape index (κ1) is 23.1. The number of benzene rings is 2. The van der Waals surface area contributed by atoms with Crippen LogP contribution in [0.5, 0.6) is 0 Å². The number of nitrogens with zero attached hydrogens (tertiary/aromatic N) is 2. The monoisotopic (exact) mass is 494 g/mol. The number of H-pyrrole nitrogens is 1. The number of carbonyl (C=O) groups is 1. The Labute approximate surface area is 203 Å². The van der Waals surface area contributed by atoms with E-state index in [0.29, 0.717) is 11.4 Å². The molecule has 0 saturated carbocycles. The van der Waals surface area contributed by atoms with E-state index in [1.54, 1.807) is 17.4 Å². The van der Waals surface area contributed by atoms with Crippen LogP contribution in [0, 0.1) is 11.3 Å². The molecular weight excluding hydrogens is 472 g/mol. The van der Waals surface area contributed by atoms with Crippen molar-refractivity contribution in [1.82, 2.24) is 10.3 Å². The molecule has 2 atom stereocenters. The van der Waals surface area contributed by atoms with Crippen LogP contribution in [0.4, 0.5) is 5.69 Å². The molecule has 0 radical (unpaired) electrons. The second kappa shape index (κ2) is 10.7. The Morgan fingerprint density at radius 1 is 1.21 bits per heavy atom. The first-order valence-electron chi connectivity index (χ1n) is 10.2. The lowest BCUT2D eigenvalue weighted by molar-refractivity contribution is 0.0951. The normalized spacial score (nSPS) is 12.7. The molecule has 0 aliphatic heterocycles. The maximum absolute atomic E-state index is 12.9. The zero-order valence-corrected chi connectivity index (χ0v) is 20.3. The molecule has 2 heterocycles. The van der Waals surface area contributed by atoms with Crippen molar-refractivity contribution in [3.63, 3.8) is 0 Å². The average molecular weight is 495 g/mol. The third kappa shape index (κ3) is 5.47. The highest BCUT2D eigenvalue weighted by atomic mass is 32.2. The number of para-hydroxylation sites is 1. The number of thioether (sulfide) groups is 1. The van der Waals surface area contributed by atoms with Crippen LogP contribution in [0.15, 0.2) is 76.3 Å². The molecular formula is C24H22N4O2S3. The molecule has 0 aliphatic carbocycles. The average Bonchev–Trinajstić information content (AvgIpc) is 3.54. The quantitative estimate of drug-likeness (QED) is 0.345. The zero-order valence-electron chi connectivity index (χ0n) is 17.9. The van der Waals surface area contributed by atoms with Crippen molar-refractivity contribution in [1.29, 1.82) is 5.26 Å². The molecule has 6 nitrogen and oxygen atoms in total. The number of fused-ring (bicyclic) bond motifs is 1. The summed E-state index contributed by atoms with van der Waals surface area (Å²) < 4.78 is 15.3. The van der Waals surface area contributed by atoms with Gasteiger partial charge in [0, 0.05) is 24.7 Å². The highest BCUT2D eigenvalue weighted by molar-refractivity contribution is 7.99. The van der Waals surface area contributed by atoms with E-state index in [-0.39, 0.29) is 17.7 Å². The summed E-state index contributed by atoms with van der Waals surface area (Å²) >= 11 is 2.94. The van der Waals surface area contributed by atoms with Crippen molar-refractivity contribution in [3.05, 3.63) is 83.4 Å². The molecule has 33 heavy (non-hydrogen) atoms. The van der Waals surface area contributed by atoms with Crippen LogP contribution >= 0.6 is 23.1 Å². The van der Waals surface area contributed by atoms with Crippen molar-refractivity contribution in [3.8, 4) is 6.07 Å². The lowest BCUT2D eigenvalue weighted by atomic mass is 10.2. The van der Waals surface area contributed by atoms with Gasteiger partial charge in [0.15, 0.2) is 11.0 Å². The summed E-state index contributed by atoms with van der Waals surface area (Å²) in [5, 5.41) is 14.7. The van der Waals surface area contributed by atoms with Crippen LogP contribution in [0.25, 0.3) is 10.9 Å². The Morgan fingerprint density at radius 2 is 2.03 bits per heavy atom. The number of amides is 1. The third-order valence-electron chi connectivity index (χ3n) is 5.02. The first-order chi connectivity index (χ1) is 16.1. The van der Waals surface area contributed by atoms with E-state index in [0.717, 1.165) is 26.4 Å². The van der Waals surface area contributed by atoms with Crippen molar-refractivity contribution >= 4 is 56.6 Å². The van der Waals surface area contributed by atoms with E-state index < -0.39 is 11.0 Å². The molecule has 4 rings (SSSR count). The van der Waals surface area contributed by atoms with Crippen LogP contribution < -0.4 is 9.62 Å². The van der Waals surface area contributed by atoms with Gasteiger partial charge in [-0.3, -0.25) is 9.10 Å². The fraction of sp³-hybridized carbons (Fsp3) is 0.167. The van der Waals surface area contributed by atoms with Crippen molar-refractivity contribution < 1.29 is 9.00 Å². The Kier molecular flexibility index (Phi) is 7.50. The predicted octanol–water partition coefficient (Wildman–Crippen LogP) is 4.94. The number of rotatable bonds is 9. The Balaban J connectivity index is 1.44. The minimum absolute atomic E-state index is 0.247. The number of hydrogen-bond acceptors (Lipinski definition) is 5. The van der Waals surface area contributed by atoms with Crippen LogP contribution in [-0.2, 0) is 16.7 Å². The molecule has 1 amide bonds. The topological polar surface area (TPSA) is 89.0 Å². The molecule has 2 aromatic heterocycles. The number of carbonyl (C=O) groups excluding carboxylic acids is 1. The molecule has 2 N–H and O–H groups in total. The van der Waals surface area contributed by atoms with Crippen LogP contribution in [-0.4, -0.2) is 33.9 Å². The molecule has 0 bridgehead atoms. The Morgan fingerprint density at radius 3 is 2.76 bits per heavy atom. The van der Waals surface area contributed by atoms with Crippen LogP contribution in [0.3, 0.4) is 0 Å². The number of anilines is 1. The molecule has 0 aliphatic rings. The van der Waals surface area contributed by atoms with Gasteiger partial charge in [-0.15, -0.1) is 23.1 Å². The highest BCUT2D eigenvalue weighted by Crippen LogP contribution is 2.29. The van der Waals surface area contributed by atoms with E-state index in [9.17, 15) is 14.3 Å². The van der Waals surface area contributed by atoms with E-state index >= 15 is 0 Å². The summed E-state index contributed by atoms with van der Waals surface area (Å²) in [5.41, 5.74) is 3.02. The third-order valence-corrected chi connectivity index (χ3v) is 8.75. The fourth-order valence-electron chi connectivity index (χ4n) is 3.31. The van der Waals surface area contributed by atoms with Gasteiger partial charge in [-0.05, 0) is 29.1 Å². The molecule has 168 valence electrons. The van der Waals surface area contributed by atoms with E-state index in [4.69, 9.17) is 0 Å². The van der Waals surface area contributed by atoms with Crippen molar-refractivity contribution in [2.24, 2.45) is 0 Å². The summed E-state index contributed by atoms with van der Waals surface area (Å²) in [4.78, 5) is 15.9. The molecule has 0 fully saturated rings. The highest BCUT2D eigenvalue weighted by Gasteiger charge is 2.18. The largest absolute Gasteiger partial charge is 0.349 e. The van der Waals surface area contributed by atoms with E-state index in [1.807, 2.05) is 66.0 Å². The van der Waals surface area contributed by atoms with Crippen molar-refractivity contribution in [2.45, 2.75) is 15.2 Å². The van der Waals surface area contributed by atoms with Crippen molar-refractivity contribution in [2.75, 3.05) is 17.9 Å². The number of hydrogen-bond donors (Lipinski definition) is 2. The fourth-order valence-corrected chi connectivity index (χ4v) is 6.24. The van der Waals surface area contributed by atoms with Gasteiger partial charge in [0.25, 0.3) is 5.91 Å². The molecule has 0 spiro atoms. The maximum Gasteiger partial charge on any atom is 0.267 e. The maximum atomic E-state index is 12.9. The zero-order chi connectivity index (χ0) is 23.2. The van der Waals surface area contributed by atoms with Gasteiger partial charge in [0.05, 0.1) is 17.3 Å². The minimum atomic E-state index is -1.34. The summed E-state index contributed by atoms with van der Waals surface area (Å²) in [6.07, 6.45) is 0. The van der Waals surface area contributed by atoms with Crippen LogP contribution in [0.1, 0.15) is 16.1 Å². The summed E-state index contributed by atoms with van der Waals surface area (Å²) in [7, 11) is 0.428. The van der Waals surface area contributed by atoms with Gasteiger partial charge < -0.3 is 10.3 Å². The van der Waals surface area contributed by atoms with Gasteiger partial charge in [-0.25, -0.2) is 4.21 Å². The van der Waals surface area contributed by atoms with E-state index in [2.05, 4.69) is 16.4 Å². The number of thiophene rings is 1.